The molecule has 0 spiro atoms. The number of aliphatic hydroxyl groups is 1. The molecule has 1 saturated heterocycles. The molecule has 2 aromatic carbocycles. The van der Waals surface area contributed by atoms with Gasteiger partial charge in [-0.1, -0.05) is 53.7 Å². The number of β-amino-alcohol motifs (C(OH)–C–C–N with tert-alkyl or cyclic N) is 1. The summed E-state index contributed by atoms with van der Waals surface area (Å²) < 4.78 is 5.36. The molecular formula is C24H21N3O3. The van der Waals surface area contributed by atoms with E-state index in [1.54, 1.807) is 17.2 Å². The Hall–Kier alpha value is -3.51. The number of carbonyl (C=O) groups is 1. The molecule has 2 atom stereocenters. The van der Waals surface area contributed by atoms with Crippen molar-refractivity contribution in [2.24, 2.45) is 5.92 Å². The van der Waals surface area contributed by atoms with Gasteiger partial charge in [-0.3, -0.25) is 9.78 Å². The van der Waals surface area contributed by atoms with E-state index in [0.717, 1.165) is 22.0 Å². The molecule has 0 saturated carbocycles. The third kappa shape index (κ3) is 3.46. The highest BCUT2D eigenvalue weighted by atomic mass is 16.5. The summed E-state index contributed by atoms with van der Waals surface area (Å²) in [5.74, 6) is 0.292. The lowest BCUT2D eigenvalue weighted by molar-refractivity contribution is 0.0754. The maximum atomic E-state index is 12.9. The molecule has 1 amide bonds. The monoisotopic (exact) mass is 399 g/mol. The molecule has 3 heterocycles. The molecule has 1 aliphatic rings. The second-order valence-electron chi connectivity index (χ2n) is 7.67. The zero-order chi connectivity index (χ0) is 20.5. The van der Waals surface area contributed by atoms with E-state index in [1.165, 1.54) is 0 Å². The van der Waals surface area contributed by atoms with Crippen molar-refractivity contribution in [3.63, 3.8) is 0 Å². The van der Waals surface area contributed by atoms with Crippen molar-refractivity contribution in [2.75, 3.05) is 13.1 Å². The fraction of sp³-hybridized carbons (Fsp3) is 0.208. The van der Waals surface area contributed by atoms with Gasteiger partial charge >= 0.3 is 0 Å². The average Bonchev–Trinajstić information content (AvgIpc) is 3.42. The van der Waals surface area contributed by atoms with Crippen LogP contribution in [0.1, 0.15) is 16.1 Å². The molecule has 2 aromatic heterocycles. The fourth-order valence-electron chi connectivity index (χ4n) is 4.11. The third-order valence-corrected chi connectivity index (χ3v) is 5.70. The number of nitrogens with zero attached hydrogens (tertiary/aromatic N) is 3. The quantitative estimate of drug-likeness (QED) is 0.568. The maximum Gasteiger partial charge on any atom is 0.276 e. The van der Waals surface area contributed by atoms with Crippen LogP contribution in [0.2, 0.25) is 0 Å². The predicted molar refractivity (Wildman–Crippen MR) is 113 cm³/mol. The maximum absolute atomic E-state index is 12.9. The Labute approximate surface area is 173 Å². The molecule has 0 unspecified atom stereocenters. The fourth-order valence-corrected chi connectivity index (χ4v) is 4.11. The number of hydrogen-bond acceptors (Lipinski definition) is 5. The number of para-hydroxylation sites is 1. The minimum absolute atomic E-state index is 0.0414. The van der Waals surface area contributed by atoms with E-state index in [2.05, 4.69) is 10.1 Å². The lowest BCUT2D eigenvalue weighted by Crippen LogP contribution is -2.29. The molecule has 4 aromatic rings. The van der Waals surface area contributed by atoms with E-state index >= 15 is 0 Å². The van der Waals surface area contributed by atoms with Crippen LogP contribution in [0.25, 0.3) is 22.2 Å². The van der Waals surface area contributed by atoms with Crippen molar-refractivity contribution in [1.29, 1.82) is 0 Å². The van der Waals surface area contributed by atoms with Gasteiger partial charge in [0.25, 0.3) is 5.91 Å². The summed E-state index contributed by atoms with van der Waals surface area (Å²) in [6.07, 6.45) is 1.89. The van der Waals surface area contributed by atoms with Crippen LogP contribution in [0.4, 0.5) is 0 Å². The van der Waals surface area contributed by atoms with Crippen molar-refractivity contribution >= 4 is 16.8 Å². The zero-order valence-electron chi connectivity index (χ0n) is 16.3. The van der Waals surface area contributed by atoms with Crippen LogP contribution in [-0.4, -0.2) is 45.2 Å². The molecular weight excluding hydrogens is 378 g/mol. The smallest absolute Gasteiger partial charge is 0.276 e. The molecule has 30 heavy (non-hydrogen) atoms. The van der Waals surface area contributed by atoms with Crippen LogP contribution in [-0.2, 0) is 6.42 Å². The molecule has 0 radical (unpaired) electrons. The van der Waals surface area contributed by atoms with Gasteiger partial charge in [-0.25, -0.2) is 0 Å². The largest absolute Gasteiger partial charge is 0.391 e. The number of aliphatic hydroxyl groups excluding tert-OH is 1. The van der Waals surface area contributed by atoms with Gasteiger partial charge in [-0.2, -0.15) is 0 Å². The van der Waals surface area contributed by atoms with Crippen LogP contribution in [0, 0.1) is 5.92 Å². The predicted octanol–water partition coefficient (Wildman–Crippen LogP) is 3.57. The molecule has 0 aliphatic carbocycles. The Balaban J connectivity index is 1.32. The highest BCUT2D eigenvalue weighted by Crippen LogP contribution is 2.27. The molecule has 6 nitrogen and oxygen atoms in total. The van der Waals surface area contributed by atoms with E-state index < -0.39 is 6.10 Å². The van der Waals surface area contributed by atoms with Gasteiger partial charge in [0.1, 0.15) is 0 Å². The van der Waals surface area contributed by atoms with Crippen LogP contribution in [0.5, 0.6) is 0 Å². The number of aromatic nitrogens is 2. The Morgan fingerprint density at radius 3 is 2.73 bits per heavy atom. The second-order valence-corrected chi connectivity index (χ2v) is 7.67. The zero-order valence-corrected chi connectivity index (χ0v) is 16.3. The van der Waals surface area contributed by atoms with E-state index in [4.69, 9.17) is 4.52 Å². The number of carbonyl (C=O) groups excluding carboxylic acids is 1. The van der Waals surface area contributed by atoms with E-state index in [0.29, 0.717) is 25.3 Å². The van der Waals surface area contributed by atoms with Crippen molar-refractivity contribution in [1.82, 2.24) is 15.0 Å². The number of rotatable bonds is 4. The average molecular weight is 399 g/mol. The number of amides is 1. The van der Waals surface area contributed by atoms with Gasteiger partial charge in [0.2, 0.25) is 0 Å². The van der Waals surface area contributed by atoms with Crippen LogP contribution in [0.15, 0.2) is 77.4 Å². The van der Waals surface area contributed by atoms with Gasteiger partial charge in [0.15, 0.2) is 11.5 Å². The summed E-state index contributed by atoms with van der Waals surface area (Å²) in [4.78, 5) is 19.0. The number of likely N-dealkylation sites (tertiary alicyclic amines) is 1. The minimum atomic E-state index is -0.582. The van der Waals surface area contributed by atoms with Gasteiger partial charge in [0.05, 0.1) is 11.6 Å². The lowest BCUT2D eigenvalue weighted by atomic mass is 9.94. The van der Waals surface area contributed by atoms with Crippen molar-refractivity contribution in [2.45, 2.75) is 12.5 Å². The Bertz CT molecular complexity index is 1180. The van der Waals surface area contributed by atoms with Crippen molar-refractivity contribution in [3.8, 4) is 11.3 Å². The first-order chi connectivity index (χ1) is 14.7. The van der Waals surface area contributed by atoms with Crippen molar-refractivity contribution < 1.29 is 14.4 Å². The summed E-state index contributed by atoms with van der Waals surface area (Å²) in [5.41, 5.74) is 3.20. The third-order valence-electron chi connectivity index (χ3n) is 5.70. The second kappa shape index (κ2) is 7.72. The van der Waals surface area contributed by atoms with Crippen LogP contribution < -0.4 is 0 Å². The lowest BCUT2D eigenvalue weighted by Gasteiger charge is -2.15. The first-order valence-corrected chi connectivity index (χ1v) is 10.0. The Morgan fingerprint density at radius 2 is 1.87 bits per heavy atom. The first kappa shape index (κ1) is 18.5. The van der Waals surface area contributed by atoms with E-state index in [1.807, 2.05) is 60.7 Å². The summed E-state index contributed by atoms with van der Waals surface area (Å²) in [5, 5.41) is 15.7. The number of fused-ring (bicyclic) bond motifs is 1. The van der Waals surface area contributed by atoms with Gasteiger partial charge in [0, 0.05) is 42.2 Å². The van der Waals surface area contributed by atoms with Crippen LogP contribution >= 0.6 is 0 Å². The molecule has 0 bridgehead atoms. The number of pyridine rings is 1. The van der Waals surface area contributed by atoms with E-state index in [9.17, 15) is 9.90 Å². The molecule has 1 fully saturated rings. The highest BCUT2D eigenvalue weighted by molar-refractivity contribution is 5.93. The SMILES string of the molecule is O=C(c1cc(-c2ccccc2)on1)N1C[C@@H](Cc2ccnc3ccccc23)[C@@H](O)C1. The Morgan fingerprint density at radius 1 is 1.07 bits per heavy atom. The Kier molecular flexibility index (Phi) is 4.77. The van der Waals surface area contributed by atoms with Crippen molar-refractivity contribution in [3.05, 3.63) is 84.2 Å². The van der Waals surface area contributed by atoms with Crippen LogP contribution in [0.3, 0.4) is 0 Å². The topological polar surface area (TPSA) is 79.5 Å². The molecule has 6 heteroatoms. The summed E-state index contributed by atoms with van der Waals surface area (Å²) in [6.45, 7) is 0.768. The highest BCUT2D eigenvalue weighted by Gasteiger charge is 2.35. The number of hydrogen-bond donors (Lipinski definition) is 1. The summed E-state index contributed by atoms with van der Waals surface area (Å²) in [7, 11) is 0. The van der Waals surface area contributed by atoms with E-state index in [-0.39, 0.29) is 17.5 Å². The standard InChI is InChI=1S/C24H21N3O3/c28-22-15-27(24(29)21-13-23(30-26-21)16-6-2-1-3-7-16)14-18(22)12-17-10-11-25-20-9-5-4-8-19(17)20/h1-11,13,18,22,28H,12,14-15H2/t18-,22+/m1/s1. The summed E-state index contributed by atoms with van der Waals surface area (Å²) >= 11 is 0. The first-order valence-electron chi connectivity index (χ1n) is 10.0. The number of benzene rings is 2. The molecule has 5 rings (SSSR count). The molecule has 1 N–H and O–H groups in total. The molecule has 1 aliphatic heterocycles. The minimum Gasteiger partial charge on any atom is -0.391 e. The normalized spacial score (nSPS) is 18.8. The summed E-state index contributed by atoms with van der Waals surface area (Å²) in [6, 6.07) is 21.2. The molecule has 150 valence electrons. The van der Waals surface area contributed by atoms with Gasteiger partial charge in [-0.15, -0.1) is 0 Å². The van der Waals surface area contributed by atoms with Gasteiger partial charge < -0.3 is 14.5 Å². The van der Waals surface area contributed by atoms with Gasteiger partial charge in [-0.05, 0) is 24.1 Å².